The molecule has 4 bridgehead atoms. The molecule has 0 atom stereocenters. The molecule has 0 heterocycles. The standard InChI is InChI=1S/C18H22O2/c1-11-2-3-15(7-16(11)17(19)20)18-8-12-4-13(9-18)6-14(5-12)10-18/h2-3,7,12-14H,4-6,8-10H2,1H3,(H,19,20). The Morgan fingerprint density at radius 2 is 1.65 bits per heavy atom. The summed E-state index contributed by atoms with van der Waals surface area (Å²) in [5.74, 6) is 1.91. The third-order valence-corrected chi connectivity index (χ3v) is 6.12. The van der Waals surface area contributed by atoms with Gasteiger partial charge in [0, 0.05) is 0 Å². The number of benzene rings is 1. The van der Waals surface area contributed by atoms with Crippen molar-refractivity contribution in [3.63, 3.8) is 0 Å². The van der Waals surface area contributed by atoms with E-state index in [4.69, 9.17) is 0 Å². The summed E-state index contributed by atoms with van der Waals surface area (Å²) < 4.78 is 0. The van der Waals surface area contributed by atoms with Crippen molar-refractivity contribution in [3.8, 4) is 0 Å². The molecular formula is C18H22O2. The number of aryl methyl sites for hydroxylation is 1. The van der Waals surface area contributed by atoms with E-state index in [9.17, 15) is 9.90 Å². The quantitative estimate of drug-likeness (QED) is 0.876. The molecule has 4 aliphatic carbocycles. The van der Waals surface area contributed by atoms with Crippen LogP contribution in [0.2, 0.25) is 0 Å². The van der Waals surface area contributed by atoms with Gasteiger partial charge in [-0.1, -0.05) is 12.1 Å². The first-order chi connectivity index (χ1) is 9.56. The van der Waals surface area contributed by atoms with Crippen LogP contribution in [0.4, 0.5) is 0 Å². The Bertz CT molecular complexity index is 537. The van der Waals surface area contributed by atoms with Gasteiger partial charge in [0.25, 0.3) is 0 Å². The maximum atomic E-state index is 11.4. The molecule has 1 aromatic carbocycles. The summed E-state index contributed by atoms with van der Waals surface area (Å²) in [5, 5.41) is 9.37. The summed E-state index contributed by atoms with van der Waals surface area (Å²) in [7, 11) is 0. The fraction of sp³-hybridized carbons (Fsp3) is 0.611. The lowest BCUT2D eigenvalue weighted by Gasteiger charge is -2.57. The molecule has 2 heteroatoms. The molecule has 20 heavy (non-hydrogen) atoms. The minimum absolute atomic E-state index is 0.298. The number of aromatic carboxylic acids is 1. The van der Waals surface area contributed by atoms with E-state index >= 15 is 0 Å². The van der Waals surface area contributed by atoms with E-state index < -0.39 is 5.97 Å². The van der Waals surface area contributed by atoms with Gasteiger partial charge in [-0.3, -0.25) is 0 Å². The molecule has 0 aromatic heterocycles. The molecule has 5 rings (SSSR count). The van der Waals surface area contributed by atoms with Crippen LogP contribution in [0.15, 0.2) is 18.2 Å². The minimum atomic E-state index is -0.783. The first kappa shape index (κ1) is 12.4. The van der Waals surface area contributed by atoms with Crippen molar-refractivity contribution in [2.24, 2.45) is 17.8 Å². The Hall–Kier alpha value is -1.31. The van der Waals surface area contributed by atoms with Crippen molar-refractivity contribution in [2.45, 2.75) is 50.9 Å². The maximum absolute atomic E-state index is 11.4. The SMILES string of the molecule is Cc1ccc(C23CC4CC(CC(C4)C2)C3)cc1C(=O)O. The zero-order valence-electron chi connectivity index (χ0n) is 12.1. The van der Waals surface area contributed by atoms with Crippen LogP contribution in [0.3, 0.4) is 0 Å². The third kappa shape index (κ3) is 1.73. The van der Waals surface area contributed by atoms with Gasteiger partial charge in [0.05, 0.1) is 5.56 Å². The van der Waals surface area contributed by atoms with E-state index in [1.54, 1.807) is 0 Å². The summed E-state index contributed by atoms with van der Waals surface area (Å²) in [4.78, 5) is 11.4. The van der Waals surface area contributed by atoms with Crippen LogP contribution in [-0.4, -0.2) is 11.1 Å². The molecule has 4 aliphatic rings. The third-order valence-electron chi connectivity index (χ3n) is 6.12. The van der Waals surface area contributed by atoms with Gasteiger partial charge in [-0.25, -0.2) is 4.79 Å². The van der Waals surface area contributed by atoms with Crippen molar-refractivity contribution >= 4 is 5.97 Å². The normalized spacial score (nSPS) is 38.1. The van der Waals surface area contributed by atoms with Gasteiger partial charge >= 0.3 is 5.97 Å². The van der Waals surface area contributed by atoms with Gasteiger partial charge in [-0.2, -0.15) is 0 Å². The second-order valence-corrected chi connectivity index (χ2v) is 7.53. The highest BCUT2D eigenvalue weighted by molar-refractivity contribution is 5.89. The number of rotatable bonds is 2. The molecule has 4 fully saturated rings. The van der Waals surface area contributed by atoms with Crippen molar-refractivity contribution < 1.29 is 9.90 Å². The second-order valence-electron chi connectivity index (χ2n) is 7.53. The summed E-state index contributed by atoms with van der Waals surface area (Å²) in [6, 6.07) is 6.19. The molecule has 2 nitrogen and oxygen atoms in total. The van der Waals surface area contributed by atoms with E-state index in [1.807, 2.05) is 19.1 Å². The molecule has 0 spiro atoms. The van der Waals surface area contributed by atoms with Gasteiger partial charge < -0.3 is 5.11 Å². The van der Waals surface area contributed by atoms with Gasteiger partial charge in [0.2, 0.25) is 0 Å². The van der Waals surface area contributed by atoms with Crippen LogP contribution in [0, 0.1) is 24.7 Å². The summed E-state index contributed by atoms with van der Waals surface area (Å²) in [6.07, 6.45) is 8.16. The summed E-state index contributed by atoms with van der Waals surface area (Å²) in [6.45, 7) is 1.90. The summed E-state index contributed by atoms with van der Waals surface area (Å²) in [5.41, 5.74) is 2.98. The molecule has 0 radical (unpaired) electrons. The fourth-order valence-corrected chi connectivity index (χ4v) is 5.65. The monoisotopic (exact) mass is 270 g/mol. The molecule has 0 amide bonds. The fourth-order valence-electron chi connectivity index (χ4n) is 5.65. The maximum Gasteiger partial charge on any atom is 0.335 e. The highest BCUT2D eigenvalue weighted by Gasteiger charge is 2.51. The van der Waals surface area contributed by atoms with Crippen LogP contribution < -0.4 is 0 Å². The van der Waals surface area contributed by atoms with Gasteiger partial charge in [-0.15, -0.1) is 0 Å². The van der Waals surface area contributed by atoms with Gasteiger partial charge in [0.1, 0.15) is 0 Å². The number of carbonyl (C=O) groups is 1. The topological polar surface area (TPSA) is 37.3 Å². The number of hydrogen-bond acceptors (Lipinski definition) is 1. The average molecular weight is 270 g/mol. The number of carboxylic acids is 1. The van der Waals surface area contributed by atoms with E-state index in [1.165, 1.54) is 44.1 Å². The predicted octanol–water partition coefficient (Wildman–Crippen LogP) is 4.16. The van der Waals surface area contributed by atoms with Crippen molar-refractivity contribution in [2.75, 3.05) is 0 Å². The minimum Gasteiger partial charge on any atom is -0.478 e. The smallest absolute Gasteiger partial charge is 0.335 e. The van der Waals surface area contributed by atoms with Crippen molar-refractivity contribution in [1.82, 2.24) is 0 Å². The Labute approximate surface area is 120 Å². The Morgan fingerprint density at radius 1 is 1.10 bits per heavy atom. The van der Waals surface area contributed by atoms with Crippen LogP contribution in [-0.2, 0) is 5.41 Å². The van der Waals surface area contributed by atoms with E-state index in [-0.39, 0.29) is 0 Å². The highest BCUT2D eigenvalue weighted by Crippen LogP contribution is 2.60. The van der Waals surface area contributed by atoms with Crippen LogP contribution in [0.25, 0.3) is 0 Å². The zero-order valence-corrected chi connectivity index (χ0v) is 12.1. The van der Waals surface area contributed by atoms with Crippen molar-refractivity contribution in [3.05, 3.63) is 34.9 Å². The number of hydrogen-bond donors (Lipinski definition) is 1. The van der Waals surface area contributed by atoms with Crippen molar-refractivity contribution in [1.29, 1.82) is 0 Å². The van der Waals surface area contributed by atoms with Gasteiger partial charge in [-0.05, 0) is 85.8 Å². The lowest BCUT2D eigenvalue weighted by Crippen LogP contribution is -2.48. The van der Waals surface area contributed by atoms with E-state index in [2.05, 4.69) is 6.07 Å². The highest BCUT2D eigenvalue weighted by atomic mass is 16.4. The number of carboxylic acid groups (broad SMARTS) is 1. The van der Waals surface area contributed by atoms with E-state index in [0.717, 1.165) is 23.3 Å². The molecule has 1 N–H and O–H groups in total. The molecule has 0 unspecified atom stereocenters. The Morgan fingerprint density at radius 3 is 2.15 bits per heavy atom. The first-order valence-electron chi connectivity index (χ1n) is 7.90. The molecule has 4 saturated carbocycles. The Kier molecular flexibility index (Phi) is 2.55. The lowest BCUT2D eigenvalue weighted by molar-refractivity contribution is -0.00522. The largest absolute Gasteiger partial charge is 0.478 e. The molecule has 0 aliphatic heterocycles. The zero-order chi connectivity index (χ0) is 13.9. The lowest BCUT2D eigenvalue weighted by atomic mass is 9.48. The van der Waals surface area contributed by atoms with Crippen LogP contribution in [0.1, 0.15) is 60.0 Å². The first-order valence-corrected chi connectivity index (χ1v) is 7.90. The molecule has 106 valence electrons. The van der Waals surface area contributed by atoms with Crippen LogP contribution >= 0.6 is 0 Å². The van der Waals surface area contributed by atoms with E-state index in [0.29, 0.717) is 11.0 Å². The second kappa shape index (κ2) is 4.09. The molecule has 0 saturated heterocycles. The molecule has 1 aromatic rings. The average Bonchev–Trinajstić information content (AvgIpc) is 2.37. The van der Waals surface area contributed by atoms with Crippen LogP contribution in [0.5, 0.6) is 0 Å². The Balaban J connectivity index is 1.77. The van der Waals surface area contributed by atoms with Gasteiger partial charge in [0.15, 0.2) is 0 Å². The summed E-state index contributed by atoms with van der Waals surface area (Å²) >= 11 is 0. The predicted molar refractivity (Wildman–Crippen MR) is 78.0 cm³/mol. The molecular weight excluding hydrogens is 248 g/mol.